The number of esters is 1. The van der Waals surface area contributed by atoms with Crippen molar-refractivity contribution >= 4 is 5.97 Å². The molecule has 1 heterocycles. The number of carbonyl (C=O) groups is 1. The summed E-state index contributed by atoms with van der Waals surface area (Å²) >= 11 is 0. The average molecular weight is 383 g/mol. The largest absolute Gasteiger partial charge is 0.504 e. The van der Waals surface area contributed by atoms with Gasteiger partial charge in [-0.05, 0) is 63.7 Å². The number of piperidine rings is 1. The molecule has 5 heteroatoms. The maximum Gasteiger partial charge on any atom is 0.309 e. The molecule has 4 bridgehead atoms. The summed E-state index contributed by atoms with van der Waals surface area (Å²) in [6.07, 6.45) is 8.22. The quantitative estimate of drug-likeness (QED) is 0.642. The van der Waals surface area contributed by atoms with Crippen molar-refractivity contribution < 1.29 is 19.4 Å². The van der Waals surface area contributed by atoms with Crippen molar-refractivity contribution in [1.82, 2.24) is 4.90 Å². The number of phenols is 1. The van der Waals surface area contributed by atoms with Crippen LogP contribution in [0.2, 0.25) is 0 Å². The number of allylic oxidation sites excluding steroid dienone is 1. The molecule has 0 unspecified atom stereocenters. The lowest BCUT2D eigenvalue weighted by Gasteiger charge is -2.68. The molecular weight excluding hydrogens is 354 g/mol. The molecule has 1 saturated carbocycles. The van der Waals surface area contributed by atoms with Crippen LogP contribution < -0.4 is 4.74 Å². The van der Waals surface area contributed by atoms with Gasteiger partial charge < -0.3 is 19.5 Å². The average Bonchev–Trinajstić information content (AvgIpc) is 2.70. The van der Waals surface area contributed by atoms with Crippen LogP contribution in [0.25, 0.3) is 0 Å². The number of fused-ring (bicyclic) bond motifs is 2. The number of likely N-dealkylation sites (N-methyl/N-ethyl adjacent to an activating group) is 1. The minimum atomic E-state index is -0.150. The van der Waals surface area contributed by atoms with Crippen molar-refractivity contribution in [2.75, 3.05) is 27.3 Å². The summed E-state index contributed by atoms with van der Waals surface area (Å²) in [5.74, 6) is 0.874. The smallest absolute Gasteiger partial charge is 0.309 e. The third-order valence-corrected chi connectivity index (χ3v) is 8.14. The van der Waals surface area contributed by atoms with E-state index in [-0.39, 0.29) is 28.6 Å². The minimum Gasteiger partial charge on any atom is -0.504 e. The molecular formula is C23H29NO4. The first-order valence-corrected chi connectivity index (χ1v) is 10.4. The van der Waals surface area contributed by atoms with Crippen LogP contribution in [0.1, 0.15) is 37.3 Å². The molecule has 1 aliphatic heterocycles. The van der Waals surface area contributed by atoms with Crippen LogP contribution >= 0.6 is 0 Å². The summed E-state index contributed by atoms with van der Waals surface area (Å²) in [4.78, 5) is 15.2. The van der Waals surface area contributed by atoms with Crippen molar-refractivity contribution in [3.63, 3.8) is 0 Å². The molecule has 1 aromatic carbocycles. The van der Waals surface area contributed by atoms with Gasteiger partial charge in [-0.15, -0.1) is 0 Å². The topological polar surface area (TPSA) is 59.0 Å². The molecule has 1 saturated heterocycles. The Kier molecular flexibility index (Phi) is 3.86. The second kappa shape index (κ2) is 5.99. The van der Waals surface area contributed by atoms with E-state index in [4.69, 9.17) is 9.47 Å². The van der Waals surface area contributed by atoms with Gasteiger partial charge in [-0.3, -0.25) is 4.79 Å². The second-order valence-electron chi connectivity index (χ2n) is 9.01. The first kappa shape index (κ1) is 18.0. The number of benzene rings is 1. The second-order valence-corrected chi connectivity index (χ2v) is 9.01. The number of nitrogens with zero attached hydrogens (tertiary/aromatic N) is 1. The van der Waals surface area contributed by atoms with Crippen molar-refractivity contribution in [2.24, 2.45) is 17.3 Å². The van der Waals surface area contributed by atoms with Crippen LogP contribution in [-0.4, -0.2) is 49.3 Å². The maximum absolute atomic E-state index is 12.7. The SMILES string of the molecule is CCOC(=O)[C@@H]1C[C@@]23C=C[C@@H]1C[C@@]21CCN(C)[C@@H]3Cc2ccc(OC)c(O)c21. The molecule has 28 heavy (non-hydrogen) atoms. The van der Waals surface area contributed by atoms with Crippen LogP contribution in [-0.2, 0) is 21.4 Å². The third-order valence-electron chi connectivity index (χ3n) is 8.14. The minimum absolute atomic E-state index is 0.0625. The Bertz CT molecular complexity index is 864. The predicted octanol–water partition coefficient (Wildman–Crippen LogP) is 3.04. The highest BCUT2D eigenvalue weighted by Crippen LogP contribution is 2.70. The molecule has 1 spiro atoms. The highest BCUT2D eigenvalue weighted by atomic mass is 16.5. The molecule has 0 radical (unpaired) electrons. The van der Waals surface area contributed by atoms with Gasteiger partial charge in [-0.25, -0.2) is 0 Å². The number of aromatic hydroxyl groups is 1. The molecule has 5 atom stereocenters. The fourth-order valence-corrected chi connectivity index (χ4v) is 6.98. The molecule has 1 aromatic rings. The van der Waals surface area contributed by atoms with E-state index >= 15 is 0 Å². The normalized spacial score (nSPS) is 37.9. The zero-order valence-electron chi connectivity index (χ0n) is 16.9. The van der Waals surface area contributed by atoms with E-state index in [0.717, 1.165) is 37.8 Å². The molecule has 0 aromatic heterocycles. The predicted molar refractivity (Wildman–Crippen MR) is 105 cm³/mol. The lowest BCUT2D eigenvalue weighted by Crippen LogP contribution is -2.70. The third kappa shape index (κ3) is 2.03. The van der Waals surface area contributed by atoms with E-state index in [1.807, 2.05) is 13.0 Å². The van der Waals surface area contributed by atoms with E-state index in [2.05, 4.69) is 30.2 Å². The van der Waals surface area contributed by atoms with Crippen LogP contribution in [0.5, 0.6) is 11.5 Å². The standard InChI is InChI=1S/C23H29NO4/c1-4-28-21(26)16-13-22-8-7-15(16)12-23(22)9-10-24(2)18(22)11-14-5-6-17(27-3)20(25)19(14)23/h5-8,15-16,18,25H,4,9-13H2,1-3H3/t15-,16-,18-,22-,23-/m1/s1. The molecule has 5 aliphatic rings. The number of carbonyl (C=O) groups excluding carboxylic acids is 1. The number of phenolic OH excluding ortho intramolecular Hbond substituents is 1. The van der Waals surface area contributed by atoms with Gasteiger partial charge in [0.1, 0.15) is 0 Å². The number of likely N-dealkylation sites (tertiary alicyclic amines) is 1. The molecule has 5 nitrogen and oxygen atoms in total. The number of ether oxygens (including phenoxy) is 2. The van der Waals surface area contributed by atoms with Gasteiger partial charge in [0, 0.05) is 22.4 Å². The highest BCUT2D eigenvalue weighted by Gasteiger charge is 2.68. The zero-order chi connectivity index (χ0) is 19.7. The maximum atomic E-state index is 12.7. The summed E-state index contributed by atoms with van der Waals surface area (Å²) in [5, 5.41) is 11.2. The summed E-state index contributed by atoms with van der Waals surface area (Å²) < 4.78 is 10.9. The van der Waals surface area contributed by atoms with Gasteiger partial charge >= 0.3 is 5.97 Å². The van der Waals surface area contributed by atoms with E-state index in [0.29, 0.717) is 24.1 Å². The number of hydrogen-bond acceptors (Lipinski definition) is 5. The Morgan fingerprint density at radius 1 is 1.36 bits per heavy atom. The van der Waals surface area contributed by atoms with Crippen LogP contribution in [0, 0.1) is 17.3 Å². The van der Waals surface area contributed by atoms with Gasteiger partial charge in [-0.2, -0.15) is 0 Å². The van der Waals surface area contributed by atoms with Crippen molar-refractivity contribution in [2.45, 2.75) is 44.1 Å². The van der Waals surface area contributed by atoms with Crippen molar-refractivity contribution in [3.05, 3.63) is 35.4 Å². The number of hydrogen-bond donors (Lipinski definition) is 1. The lowest BCUT2D eigenvalue weighted by molar-refractivity contribution is -0.160. The highest BCUT2D eigenvalue weighted by molar-refractivity contribution is 5.75. The van der Waals surface area contributed by atoms with Gasteiger partial charge in [0.05, 0.1) is 19.6 Å². The Balaban J connectivity index is 1.70. The van der Waals surface area contributed by atoms with Crippen molar-refractivity contribution in [1.29, 1.82) is 0 Å². The Hall–Kier alpha value is -2.01. The van der Waals surface area contributed by atoms with E-state index < -0.39 is 0 Å². The monoisotopic (exact) mass is 383 g/mol. The van der Waals surface area contributed by atoms with Gasteiger partial charge in [0.15, 0.2) is 11.5 Å². The van der Waals surface area contributed by atoms with E-state index in [1.165, 1.54) is 5.56 Å². The summed E-state index contributed by atoms with van der Waals surface area (Å²) in [6.45, 7) is 3.31. The van der Waals surface area contributed by atoms with E-state index in [1.54, 1.807) is 7.11 Å². The van der Waals surface area contributed by atoms with Crippen LogP contribution in [0.15, 0.2) is 24.3 Å². The van der Waals surface area contributed by atoms with Crippen LogP contribution in [0.3, 0.4) is 0 Å². The summed E-state index contributed by atoms with van der Waals surface area (Å²) in [6, 6.07) is 4.34. The Morgan fingerprint density at radius 2 is 2.18 bits per heavy atom. The Morgan fingerprint density at radius 3 is 2.93 bits per heavy atom. The molecule has 2 fully saturated rings. The molecule has 6 rings (SSSR count). The number of methoxy groups -OCH3 is 1. The fourth-order valence-electron chi connectivity index (χ4n) is 6.98. The van der Waals surface area contributed by atoms with Gasteiger partial charge in [0.2, 0.25) is 0 Å². The van der Waals surface area contributed by atoms with E-state index in [9.17, 15) is 9.90 Å². The fraction of sp³-hybridized carbons (Fsp3) is 0.609. The molecule has 1 N–H and O–H groups in total. The lowest BCUT2D eigenvalue weighted by atomic mass is 9.38. The van der Waals surface area contributed by atoms with Crippen LogP contribution in [0.4, 0.5) is 0 Å². The molecule has 0 amide bonds. The first-order chi connectivity index (χ1) is 13.5. The molecule has 4 aliphatic carbocycles. The number of rotatable bonds is 3. The zero-order valence-corrected chi connectivity index (χ0v) is 16.9. The first-order valence-electron chi connectivity index (χ1n) is 10.4. The summed E-state index contributed by atoms with van der Waals surface area (Å²) in [5.41, 5.74) is 2.02. The van der Waals surface area contributed by atoms with Crippen molar-refractivity contribution in [3.8, 4) is 11.5 Å². The van der Waals surface area contributed by atoms with Gasteiger partial charge in [0.25, 0.3) is 0 Å². The van der Waals surface area contributed by atoms with Gasteiger partial charge in [-0.1, -0.05) is 18.2 Å². The Labute approximate surface area is 166 Å². The summed E-state index contributed by atoms with van der Waals surface area (Å²) in [7, 11) is 3.81. The molecule has 150 valence electrons.